The van der Waals surface area contributed by atoms with Gasteiger partial charge in [-0.25, -0.2) is 0 Å². The van der Waals surface area contributed by atoms with Gasteiger partial charge in [0.2, 0.25) is 0 Å². The number of rotatable bonds is 6. The third-order valence-electron chi connectivity index (χ3n) is 4.48. The lowest BCUT2D eigenvalue weighted by atomic mass is 9.96. The van der Waals surface area contributed by atoms with Crippen LogP contribution >= 0.6 is 0 Å². The van der Waals surface area contributed by atoms with Crippen molar-refractivity contribution in [3.05, 3.63) is 77.9 Å². The van der Waals surface area contributed by atoms with Gasteiger partial charge in [0.25, 0.3) is 0 Å². The Bertz CT molecular complexity index is 618. The van der Waals surface area contributed by atoms with Crippen molar-refractivity contribution in [2.75, 3.05) is 20.2 Å². The minimum atomic E-state index is 0.648. The summed E-state index contributed by atoms with van der Waals surface area (Å²) in [5, 5.41) is 0. The molecule has 1 heterocycles. The number of benzene rings is 2. The van der Waals surface area contributed by atoms with Crippen LogP contribution in [0.2, 0.25) is 0 Å². The van der Waals surface area contributed by atoms with Gasteiger partial charge in [-0.1, -0.05) is 54.6 Å². The summed E-state index contributed by atoms with van der Waals surface area (Å²) in [5.41, 5.74) is 2.79. The number of aryl methyl sites for hydroxylation is 1. The summed E-state index contributed by atoms with van der Waals surface area (Å²) in [7, 11) is 1.71. The third-order valence-corrected chi connectivity index (χ3v) is 4.48. The molecule has 0 radical (unpaired) electrons. The highest BCUT2D eigenvalue weighted by atomic mass is 16.5. The van der Waals surface area contributed by atoms with Crippen LogP contribution in [-0.2, 0) is 13.0 Å². The Morgan fingerprint density at radius 2 is 1.78 bits per heavy atom. The van der Waals surface area contributed by atoms with Crippen LogP contribution in [0.15, 0.2) is 66.7 Å². The van der Waals surface area contributed by atoms with E-state index in [2.05, 4.69) is 59.5 Å². The largest absolute Gasteiger partial charge is 0.497 e. The molecule has 0 spiro atoms. The highest BCUT2D eigenvalue weighted by molar-refractivity contribution is 5.27. The zero-order valence-corrected chi connectivity index (χ0v) is 13.8. The fourth-order valence-corrected chi connectivity index (χ4v) is 3.17. The molecule has 0 saturated carbocycles. The van der Waals surface area contributed by atoms with Gasteiger partial charge in [0.15, 0.2) is 0 Å². The Labute approximate surface area is 139 Å². The lowest BCUT2D eigenvalue weighted by Gasteiger charge is -2.29. The molecule has 0 amide bonds. The molecule has 0 N–H and O–H groups in total. The van der Waals surface area contributed by atoms with Crippen LogP contribution in [-0.4, -0.2) is 25.1 Å². The van der Waals surface area contributed by atoms with E-state index in [4.69, 9.17) is 4.74 Å². The average molecular weight is 307 g/mol. The van der Waals surface area contributed by atoms with Crippen molar-refractivity contribution >= 4 is 0 Å². The zero-order valence-electron chi connectivity index (χ0n) is 13.8. The minimum Gasteiger partial charge on any atom is -0.497 e. The van der Waals surface area contributed by atoms with Crippen LogP contribution in [0, 0.1) is 5.92 Å². The van der Waals surface area contributed by atoms with Crippen LogP contribution in [0.1, 0.15) is 17.5 Å². The predicted octanol–water partition coefficient (Wildman–Crippen LogP) is 4.32. The summed E-state index contributed by atoms with van der Waals surface area (Å²) in [4.78, 5) is 2.54. The molecule has 0 aliphatic carbocycles. The lowest BCUT2D eigenvalue weighted by Crippen LogP contribution is -2.32. The van der Waals surface area contributed by atoms with Crippen molar-refractivity contribution in [2.45, 2.75) is 19.4 Å². The second-order valence-electron chi connectivity index (χ2n) is 6.25. The summed E-state index contributed by atoms with van der Waals surface area (Å²) < 4.78 is 5.22. The molecule has 2 aromatic carbocycles. The van der Waals surface area contributed by atoms with Gasteiger partial charge in [0, 0.05) is 19.6 Å². The molecule has 2 heteroatoms. The van der Waals surface area contributed by atoms with Crippen molar-refractivity contribution in [2.24, 2.45) is 5.92 Å². The molecule has 1 aliphatic rings. The summed E-state index contributed by atoms with van der Waals surface area (Å²) in [6, 6.07) is 19.2. The zero-order chi connectivity index (χ0) is 15.9. The maximum absolute atomic E-state index is 5.22. The predicted molar refractivity (Wildman–Crippen MR) is 95.7 cm³/mol. The van der Waals surface area contributed by atoms with Gasteiger partial charge >= 0.3 is 0 Å². The fraction of sp³-hybridized carbons (Fsp3) is 0.333. The number of methoxy groups -OCH3 is 1. The lowest BCUT2D eigenvalue weighted by molar-refractivity contribution is 0.246. The van der Waals surface area contributed by atoms with Crippen molar-refractivity contribution < 1.29 is 4.74 Å². The Balaban J connectivity index is 1.50. The van der Waals surface area contributed by atoms with Gasteiger partial charge in [-0.3, -0.25) is 4.90 Å². The molecule has 1 aliphatic heterocycles. The van der Waals surface area contributed by atoms with E-state index in [0.717, 1.165) is 31.8 Å². The van der Waals surface area contributed by atoms with E-state index < -0.39 is 0 Å². The highest BCUT2D eigenvalue weighted by Gasteiger charge is 2.15. The Hall–Kier alpha value is -2.06. The molecule has 0 unspecified atom stereocenters. The van der Waals surface area contributed by atoms with Gasteiger partial charge in [-0.15, -0.1) is 0 Å². The summed E-state index contributed by atoms with van der Waals surface area (Å²) in [5.74, 6) is 1.58. The molecule has 0 saturated heterocycles. The van der Waals surface area contributed by atoms with E-state index in [1.807, 2.05) is 12.1 Å². The molecule has 0 aromatic heterocycles. The third kappa shape index (κ3) is 4.70. The summed E-state index contributed by atoms with van der Waals surface area (Å²) in [6.45, 7) is 3.26. The van der Waals surface area contributed by atoms with Gasteiger partial charge in [0.05, 0.1) is 7.11 Å². The van der Waals surface area contributed by atoms with E-state index in [1.165, 1.54) is 17.5 Å². The first-order valence-electron chi connectivity index (χ1n) is 8.39. The smallest absolute Gasteiger partial charge is 0.118 e. The standard InChI is InChI=1S/C21H25NO/c1-23-21-13-11-18(12-14-21)9-10-20-8-5-15-22(17-20)16-19-6-3-2-4-7-19/h2-8,11-14,20H,9-10,15-17H2,1H3/t20-/m0/s1. The van der Waals surface area contributed by atoms with E-state index in [9.17, 15) is 0 Å². The monoisotopic (exact) mass is 307 g/mol. The molecular formula is C21H25NO. The maximum Gasteiger partial charge on any atom is 0.118 e. The van der Waals surface area contributed by atoms with Crippen LogP contribution in [0.5, 0.6) is 5.75 Å². The number of hydrogen-bond donors (Lipinski definition) is 0. The Morgan fingerprint density at radius 1 is 1.00 bits per heavy atom. The van der Waals surface area contributed by atoms with Crippen molar-refractivity contribution in [3.8, 4) is 5.75 Å². The summed E-state index contributed by atoms with van der Waals surface area (Å²) in [6.07, 6.45) is 7.04. The first-order chi connectivity index (χ1) is 11.3. The SMILES string of the molecule is COc1ccc(CC[C@@H]2C=CCN(Cc3ccccc3)C2)cc1. The van der Waals surface area contributed by atoms with Crippen LogP contribution in [0.4, 0.5) is 0 Å². The average Bonchev–Trinajstić information content (AvgIpc) is 2.62. The van der Waals surface area contributed by atoms with Crippen LogP contribution < -0.4 is 4.74 Å². The second kappa shape index (κ2) is 7.98. The normalized spacial score (nSPS) is 18.0. The molecular weight excluding hydrogens is 282 g/mol. The molecule has 2 aromatic rings. The number of nitrogens with zero attached hydrogens (tertiary/aromatic N) is 1. The molecule has 2 nitrogen and oxygen atoms in total. The fourth-order valence-electron chi connectivity index (χ4n) is 3.17. The Kier molecular flexibility index (Phi) is 5.49. The van der Waals surface area contributed by atoms with Gasteiger partial charge < -0.3 is 4.74 Å². The number of hydrogen-bond acceptors (Lipinski definition) is 2. The maximum atomic E-state index is 5.22. The highest BCUT2D eigenvalue weighted by Crippen LogP contribution is 2.19. The second-order valence-corrected chi connectivity index (χ2v) is 6.25. The quantitative estimate of drug-likeness (QED) is 0.737. The molecule has 120 valence electrons. The first-order valence-corrected chi connectivity index (χ1v) is 8.39. The van der Waals surface area contributed by atoms with Crippen LogP contribution in [0.3, 0.4) is 0 Å². The van der Waals surface area contributed by atoms with Crippen molar-refractivity contribution in [3.63, 3.8) is 0 Å². The van der Waals surface area contributed by atoms with Crippen molar-refractivity contribution in [1.29, 1.82) is 0 Å². The van der Waals surface area contributed by atoms with Gasteiger partial charge in [-0.2, -0.15) is 0 Å². The van der Waals surface area contributed by atoms with Crippen LogP contribution in [0.25, 0.3) is 0 Å². The number of ether oxygens (including phenoxy) is 1. The molecule has 1 atom stereocenters. The molecule has 3 rings (SSSR count). The summed E-state index contributed by atoms with van der Waals surface area (Å²) >= 11 is 0. The molecule has 0 bridgehead atoms. The van der Waals surface area contributed by atoms with Gasteiger partial charge in [-0.05, 0) is 42.0 Å². The van der Waals surface area contributed by atoms with E-state index in [-0.39, 0.29) is 0 Å². The van der Waals surface area contributed by atoms with E-state index in [0.29, 0.717) is 5.92 Å². The molecule has 23 heavy (non-hydrogen) atoms. The van der Waals surface area contributed by atoms with Gasteiger partial charge in [0.1, 0.15) is 5.75 Å². The van der Waals surface area contributed by atoms with E-state index >= 15 is 0 Å². The topological polar surface area (TPSA) is 12.5 Å². The minimum absolute atomic E-state index is 0.648. The Morgan fingerprint density at radius 3 is 2.52 bits per heavy atom. The van der Waals surface area contributed by atoms with E-state index in [1.54, 1.807) is 7.11 Å². The molecule has 0 fully saturated rings. The first kappa shape index (κ1) is 15.8. The van der Waals surface area contributed by atoms with Crippen molar-refractivity contribution in [1.82, 2.24) is 4.90 Å².